The van der Waals surface area contributed by atoms with Crippen LogP contribution in [0.25, 0.3) is 0 Å². The number of rotatable bonds is 7. The van der Waals surface area contributed by atoms with E-state index in [1.54, 1.807) is 19.5 Å². The molecule has 10 nitrogen and oxygen atoms in total. The van der Waals surface area contributed by atoms with Crippen molar-refractivity contribution in [3.8, 4) is 17.7 Å². The zero-order chi connectivity index (χ0) is 20.3. The van der Waals surface area contributed by atoms with E-state index in [1.165, 1.54) is 6.20 Å². The van der Waals surface area contributed by atoms with Gasteiger partial charge >= 0.3 is 0 Å². The van der Waals surface area contributed by atoms with Crippen molar-refractivity contribution in [2.45, 2.75) is 25.6 Å². The Morgan fingerprint density at radius 2 is 2.14 bits per heavy atom. The molecule has 0 aliphatic carbocycles. The fourth-order valence-electron chi connectivity index (χ4n) is 3.43. The fraction of sp³-hybridized carbons (Fsp3) is 0.474. The molecule has 0 aromatic carbocycles. The predicted molar refractivity (Wildman–Crippen MR) is 105 cm³/mol. The minimum Gasteiger partial charge on any atom is -0.492 e. The molecule has 4 heterocycles. The van der Waals surface area contributed by atoms with Crippen LogP contribution < -0.4 is 31.0 Å². The molecule has 2 fully saturated rings. The molecule has 10 heteroatoms. The molecule has 2 aromatic heterocycles. The van der Waals surface area contributed by atoms with Gasteiger partial charge in [0.1, 0.15) is 17.6 Å². The highest BCUT2D eigenvalue weighted by molar-refractivity contribution is 5.43. The van der Waals surface area contributed by atoms with Crippen molar-refractivity contribution in [2.24, 2.45) is 5.41 Å². The molecule has 2 unspecified atom stereocenters. The summed E-state index contributed by atoms with van der Waals surface area (Å²) in [4.78, 5) is 12.6. The number of hydrogen-bond acceptors (Lipinski definition) is 10. The molecule has 2 aromatic rings. The van der Waals surface area contributed by atoms with Crippen molar-refractivity contribution < 1.29 is 9.47 Å². The Balaban J connectivity index is 1.46. The highest BCUT2D eigenvalue weighted by atomic mass is 16.5. The first kappa shape index (κ1) is 19.3. The summed E-state index contributed by atoms with van der Waals surface area (Å²) in [6, 6.07) is 3.77. The highest BCUT2D eigenvalue weighted by Gasteiger charge is 2.34. The number of nitriles is 1. The zero-order valence-corrected chi connectivity index (χ0v) is 16.4. The maximum absolute atomic E-state index is 8.83. The number of anilines is 1. The molecule has 0 radical (unpaired) electrons. The summed E-state index contributed by atoms with van der Waals surface area (Å²) in [5.74, 6) is 1.89. The Hall–Kier alpha value is -3.00. The normalized spacial score (nSPS) is 22.4. The van der Waals surface area contributed by atoms with Gasteiger partial charge in [0, 0.05) is 31.1 Å². The summed E-state index contributed by atoms with van der Waals surface area (Å²) in [7, 11) is 1.61. The molecule has 0 amide bonds. The van der Waals surface area contributed by atoms with Gasteiger partial charge in [0.25, 0.3) is 0 Å². The summed E-state index contributed by atoms with van der Waals surface area (Å²) >= 11 is 0. The fourth-order valence-corrected chi connectivity index (χ4v) is 3.43. The lowest BCUT2D eigenvalue weighted by molar-refractivity contribution is 0.100. The largest absolute Gasteiger partial charge is 0.492 e. The zero-order valence-electron chi connectivity index (χ0n) is 16.4. The van der Waals surface area contributed by atoms with Crippen LogP contribution in [0.2, 0.25) is 0 Å². The standard InChI is InChI=1S/C19H24N8O2/c1-19(9-21-10-19)11-29-14-3-4-22-18(28-2)17(14)13-5-15(27-26-13)25-16-8-23-12(6-20)7-24-16/h3-4,7-8,13,15,21,26-27H,5,9-11H2,1-2H3,(H,24,25). The number of aromatic nitrogens is 3. The Bertz CT molecular complexity index is 894. The van der Waals surface area contributed by atoms with E-state index in [4.69, 9.17) is 14.7 Å². The summed E-state index contributed by atoms with van der Waals surface area (Å²) < 4.78 is 11.7. The molecular weight excluding hydrogens is 372 g/mol. The number of hydrazine groups is 1. The first-order valence-corrected chi connectivity index (χ1v) is 9.46. The van der Waals surface area contributed by atoms with Crippen LogP contribution in [0.5, 0.6) is 11.6 Å². The van der Waals surface area contributed by atoms with Crippen LogP contribution in [0, 0.1) is 16.7 Å². The maximum Gasteiger partial charge on any atom is 0.221 e. The molecule has 2 aliphatic heterocycles. The molecule has 2 aliphatic rings. The third kappa shape index (κ3) is 4.22. The first-order valence-electron chi connectivity index (χ1n) is 9.46. The molecule has 29 heavy (non-hydrogen) atoms. The van der Waals surface area contributed by atoms with Crippen molar-refractivity contribution >= 4 is 5.82 Å². The molecule has 4 N–H and O–H groups in total. The van der Waals surface area contributed by atoms with Crippen LogP contribution >= 0.6 is 0 Å². The lowest BCUT2D eigenvalue weighted by Crippen LogP contribution is -2.54. The van der Waals surface area contributed by atoms with Crippen LogP contribution in [-0.2, 0) is 0 Å². The Morgan fingerprint density at radius 1 is 1.28 bits per heavy atom. The number of nitrogens with zero attached hydrogens (tertiary/aromatic N) is 4. The van der Waals surface area contributed by atoms with Gasteiger partial charge in [-0.05, 0) is 6.07 Å². The molecule has 0 bridgehead atoms. The van der Waals surface area contributed by atoms with Crippen molar-refractivity contribution in [3.05, 3.63) is 35.9 Å². The van der Waals surface area contributed by atoms with Gasteiger partial charge in [-0.3, -0.25) is 0 Å². The second kappa shape index (κ2) is 8.16. The van der Waals surface area contributed by atoms with Gasteiger partial charge in [-0.25, -0.2) is 25.8 Å². The van der Waals surface area contributed by atoms with Gasteiger partial charge < -0.3 is 20.1 Å². The molecule has 2 saturated heterocycles. The van der Waals surface area contributed by atoms with Gasteiger partial charge in [0.05, 0.1) is 43.9 Å². The summed E-state index contributed by atoms with van der Waals surface area (Å²) in [5.41, 5.74) is 7.80. The van der Waals surface area contributed by atoms with Gasteiger partial charge in [0.15, 0.2) is 5.69 Å². The van der Waals surface area contributed by atoms with Crippen molar-refractivity contribution in [3.63, 3.8) is 0 Å². The van der Waals surface area contributed by atoms with E-state index >= 15 is 0 Å². The monoisotopic (exact) mass is 396 g/mol. The molecule has 0 spiro atoms. The van der Waals surface area contributed by atoms with Gasteiger partial charge in [-0.2, -0.15) is 5.26 Å². The first-order chi connectivity index (χ1) is 14.1. The molecular formula is C19H24N8O2. The lowest BCUT2D eigenvalue weighted by Gasteiger charge is -2.39. The lowest BCUT2D eigenvalue weighted by atomic mass is 9.85. The number of pyridine rings is 1. The van der Waals surface area contributed by atoms with Gasteiger partial charge in [0.2, 0.25) is 5.88 Å². The third-order valence-electron chi connectivity index (χ3n) is 5.13. The van der Waals surface area contributed by atoms with E-state index in [-0.39, 0.29) is 23.3 Å². The maximum atomic E-state index is 8.83. The van der Waals surface area contributed by atoms with E-state index in [9.17, 15) is 0 Å². The Labute approximate surface area is 169 Å². The van der Waals surface area contributed by atoms with E-state index < -0.39 is 0 Å². The van der Waals surface area contributed by atoms with Crippen LogP contribution in [0.1, 0.15) is 30.6 Å². The van der Waals surface area contributed by atoms with E-state index in [0.29, 0.717) is 24.7 Å². The second-order valence-electron chi connectivity index (χ2n) is 7.61. The van der Waals surface area contributed by atoms with Crippen LogP contribution in [0.15, 0.2) is 24.7 Å². The number of nitrogens with one attached hydrogen (secondary N) is 4. The molecule has 2 atom stereocenters. The summed E-state index contributed by atoms with van der Waals surface area (Å²) in [5, 5.41) is 15.4. The number of ether oxygens (including phenoxy) is 2. The highest BCUT2D eigenvalue weighted by Crippen LogP contribution is 2.37. The second-order valence-corrected chi connectivity index (χ2v) is 7.61. The van der Waals surface area contributed by atoms with Crippen LogP contribution in [0.3, 0.4) is 0 Å². The Morgan fingerprint density at radius 3 is 2.79 bits per heavy atom. The number of methoxy groups -OCH3 is 1. The van der Waals surface area contributed by atoms with Crippen molar-refractivity contribution in [2.75, 3.05) is 32.1 Å². The number of hydrogen-bond donors (Lipinski definition) is 4. The summed E-state index contributed by atoms with van der Waals surface area (Å²) in [6.45, 7) is 4.73. The molecule has 152 valence electrons. The SMILES string of the molecule is COc1nccc(OCC2(C)CNC2)c1C1CC(Nc2cnc(C#N)cn2)NN1. The molecule has 0 saturated carbocycles. The van der Waals surface area contributed by atoms with E-state index in [1.807, 2.05) is 12.1 Å². The van der Waals surface area contributed by atoms with Gasteiger partial charge in [-0.1, -0.05) is 6.92 Å². The molecule has 4 rings (SSSR count). The minimum absolute atomic E-state index is 0.0650. The predicted octanol–water partition coefficient (Wildman–Crippen LogP) is 0.717. The smallest absolute Gasteiger partial charge is 0.221 e. The average molecular weight is 396 g/mol. The van der Waals surface area contributed by atoms with Crippen molar-refractivity contribution in [1.29, 1.82) is 5.26 Å². The summed E-state index contributed by atoms with van der Waals surface area (Å²) in [6.07, 6.45) is 5.30. The minimum atomic E-state index is -0.0895. The van der Waals surface area contributed by atoms with Crippen molar-refractivity contribution in [1.82, 2.24) is 31.1 Å². The van der Waals surface area contributed by atoms with Crippen LogP contribution in [0.4, 0.5) is 5.82 Å². The van der Waals surface area contributed by atoms with E-state index in [2.05, 4.69) is 43.4 Å². The van der Waals surface area contributed by atoms with Crippen LogP contribution in [-0.4, -0.2) is 47.9 Å². The Kier molecular flexibility index (Phi) is 5.44. The van der Waals surface area contributed by atoms with Gasteiger partial charge in [-0.15, -0.1) is 0 Å². The quantitative estimate of drug-likeness (QED) is 0.531. The average Bonchev–Trinajstić information content (AvgIpc) is 3.19. The third-order valence-corrected chi connectivity index (χ3v) is 5.13. The topological polar surface area (TPSA) is 129 Å². The van der Waals surface area contributed by atoms with E-state index in [0.717, 1.165) is 24.4 Å².